The van der Waals surface area contributed by atoms with Crippen LogP contribution < -0.4 is 5.32 Å². The van der Waals surface area contributed by atoms with Crippen molar-refractivity contribution in [3.05, 3.63) is 33.9 Å². The van der Waals surface area contributed by atoms with Crippen LogP contribution in [0.2, 0.25) is 5.02 Å². The van der Waals surface area contributed by atoms with Gasteiger partial charge in [0.1, 0.15) is 6.54 Å². The number of aryl methyl sites for hydroxylation is 1. The Bertz CT molecular complexity index is 807. The summed E-state index contributed by atoms with van der Waals surface area (Å²) in [6, 6.07) is 0. The summed E-state index contributed by atoms with van der Waals surface area (Å²) in [4.78, 5) is 12.1. The van der Waals surface area contributed by atoms with E-state index in [1.54, 1.807) is 17.9 Å². The highest BCUT2D eigenvalue weighted by Gasteiger charge is 2.42. The molecule has 2 heterocycles. The quantitative estimate of drug-likeness (QED) is 0.874. The Hall–Kier alpha value is -2.03. The zero-order valence-electron chi connectivity index (χ0n) is 13.7. The van der Waals surface area contributed by atoms with E-state index in [1.165, 1.54) is 0 Å². The van der Waals surface area contributed by atoms with E-state index in [0.29, 0.717) is 5.69 Å². The van der Waals surface area contributed by atoms with Crippen molar-refractivity contribution < 1.29 is 18.0 Å². The number of hydrogen-bond acceptors (Lipinski definition) is 3. The largest absolute Gasteiger partial charge is 0.436 e. The van der Waals surface area contributed by atoms with Crippen molar-refractivity contribution in [1.29, 1.82) is 0 Å². The van der Waals surface area contributed by atoms with E-state index in [2.05, 4.69) is 15.5 Å². The molecule has 2 aromatic heterocycles. The molecule has 1 aliphatic rings. The molecular formula is C15H17ClF3N5O. The maximum absolute atomic E-state index is 13.0. The van der Waals surface area contributed by atoms with E-state index in [1.807, 2.05) is 6.92 Å². The maximum Gasteiger partial charge on any atom is 0.436 e. The van der Waals surface area contributed by atoms with Crippen molar-refractivity contribution in [2.45, 2.75) is 44.9 Å². The number of nitrogens with zero attached hydrogens (tertiary/aromatic N) is 4. The summed E-state index contributed by atoms with van der Waals surface area (Å²) in [7, 11) is 1.78. The molecule has 136 valence electrons. The minimum Gasteiger partial charge on any atom is -0.350 e. The summed E-state index contributed by atoms with van der Waals surface area (Å²) in [5.41, 5.74) is 0.905. The molecule has 0 atom stereocenters. The number of alkyl halides is 3. The van der Waals surface area contributed by atoms with Crippen LogP contribution in [0.5, 0.6) is 0 Å². The molecule has 0 bridgehead atoms. The third-order valence-corrected chi connectivity index (χ3v) is 4.64. The predicted molar refractivity (Wildman–Crippen MR) is 84.0 cm³/mol. The van der Waals surface area contributed by atoms with Gasteiger partial charge in [0.25, 0.3) is 0 Å². The molecule has 2 aromatic rings. The van der Waals surface area contributed by atoms with Crippen LogP contribution in [-0.4, -0.2) is 25.5 Å². The first kappa shape index (κ1) is 17.8. The van der Waals surface area contributed by atoms with Crippen molar-refractivity contribution in [3.63, 3.8) is 0 Å². The van der Waals surface area contributed by atoms with E-state index in [0.717, 1.165) is 28.8 Å². The first-order valence-corrected chi connectivity index (χ1v) is 8.13. The summed E-state index contributed by atoms with van der Waals surface area (Å²) in [5.74, 6) is -0.498. The Kier molecular flexibility index (Phi) is 4.52. The van der Waals surface area contributed by atoms with E-state index in [-0.39, 0.29) is 19.0 Å². The number of hydrogen-bond donors (Lipinski definition) is 1. The number of carbonyl (C=O) groups is 1. The Morgan fingerprint density at radius 1 is 1.44 bits per heavy atom. The Labute approximate surface area is 146 Å². The lowest BCUT2D eigenvalue weighted by molar-refractivity contribution is -0.141. The summed E-state index contributed by atoms with van der Waals surface area (Å²) >= 11 is 5.88. The summed E-state index contributed by atoms with van der Waals surface area (Å²) in [6.45, 7) is 1.81. The van der Waals surface area contributed by atoms with Crippen LogP contribution in [0.4, 0.5) is 13.2 Å². The number of amides is 1. The van der Waals surface area contributed by atoms with Crippen molar-refractivity contribution in [3.8, 4) is 0 Å². The summed E-state index contributed by atoms with van der Waals surface area (Å²) in [5, 5.41) is 9.89. The monoisotopic (exact) mass is 375 g/mol. The average Bonchev–Trinajstić information content (AvgIpc) is 3.22. The predicted octanol–water partition coefficient (Wildman–Crippen LogP) is 2.79. The molecule has 1 aliphatic carbocycles. The first-order valence-electron chi connectivity index (χ1n) is 7.76. The molecule has 10 heteroatoms. The average molecular weight is 376 g/mol. The molecular weight excluding hydrogens is 359 g/mol. The minimum absolute atomic E-state index is 0.0653. The lowest BCUT2D eigenvalue weighted by Gasteiger charge is -2.08. The van der Waals surface area contributed by atoms with E-state index in [9.17, 15) is 18.0 Å². The SMILES string of the molecule is Cc1c(CNC(=O)Cn2nc(C(F)(F)F)c(Cl)c2C2CC2)cnn1C. The first-order chi connectivity index (χ1) is 11.7. The third kappa shape index (κ3) is 3.65. The second kappa shape index (κ2) is 6.36. The van der Waals surface area contributed by atoms with Crippen LogP contribution in [-0.2, 0) is 31.1 Å². The number of nitrogens with one attached hydrogen (secondary N) is 1. The maximum atomic E-state index is 13.0. The normalized spacial score (nSPS) is 14.8. The molecule has 0 saturated heterocycles. The van der Waals surface area contributed by atoms with Gasteiger partial charge in [0.15, 0.2) is 5.69 Å². The zero-order valence-corrected chi connectivity index (χ0v) is 14.4. The van der Waals surface area contributed by atoms with Gasteiger partial charge in [0, 0.05) is 30.8 Å². The van der Waals surface area contributed by atoms with Gasteiger partial charge in [0.05, 0.1) is 16.9 Å². The Balaban J connectivity index is 1.73. The van der Waals surface area contributed by atoms with Crippen LogP contribution in [0.3, 0.4) is 0 Å². The van der Waals surface area contributed by atoms with Gasteiger partial charge in [-0.15, -0.1) is 0 Å². The molecule has 0 spiro atoms. The molecule has 3 rings (SSSR count). The Morgan fingerprint density at radius 3 is 2.64 bits per heavy atom. The van der Waals surface area contributed by atoms with E-state index < -0.39 is 22.8 Å². The summed E-state index contributed by atoms with van der Waals surface area (Å²) in [6.07, 6.45) is -1.51. The molecule has 0 unspecified atom stereocenters. The van der Waals surface area contributed by atoms with Gasteiger partial charge in [-0.25, -0.2) is 0 Å². The number of halogens is 4. The second-order valence-corrected chi connectivity index (χ2v) is 6.51. The fraction of sp³-hybridized carbons (Fsp3) is 0.533. The van der Waals surface area contributed by atoms with Crippen molar-refractivity contribution in [1.82, 2.24) is 24.9 Å². The van der Waals surface area contributed by atoms with Crippen molar-refractivity contribution in [2.75, 3.05) is 0 Å². The molecule has 25 heavy (non-hydrogen) atoms. The third-order valence-electron chi connectivity index (χ3n) is 4.27. The smallest absolute Gasteiger partial charge is 0.350 e. The fourth-order valence-electron chi connectivity index (χ4n) is 2.60. The lowest BCUT2D eigenvalue weighted by atomic mass is 10.2. The van der Waals surface area contributed by atoms with Gasteiger partial charge in [-0.2, -0.15) is 23.4 Å². The Morgan fingerprint density at radius 2 is 2.12 bits per heavy atom. The molecule has 1 amide bonds. The van der Waals surface area contributed by atoms with Crippen LogP contribution in [0, 0.1) is 6.92 Å². The van der Waals surface area contributed by atoms with Gasteiger partial charge in [-0.3, -0.25) is 14.2 Å². The van der Waals surface area contributed by atoms with Gasteiger partial charge in [0.2, 0.25) is 5.91 Å². The molecule has 1 fully saturated rings. The summed E-state index contributed by atoms with van der Waals surface area (Å²) < 4.78 is 41.8. The van der Waals surface area contributed by atoms with E-state index in [4.69, 9.17) is 11.6 Å². The zero-order chi connectivity index (χ0) is 18.4. The second-order valence-electron chi connectivity index (χ2n) is 6.13. The molecule has 0 radical (unpaired) electrons. The highest BCUT2D eigenvalue weighted by Crippen LogP contribution is 2.46. The fourth-order valence-corrected chi connectivity index (χ4v) is 3.00. The van der Waals surface area contributed by atoms with Gasteiger partial charge in [-0.1, -0.05) is 11.6 Å². The van der Waals surface area contributed by atoms with Crippen LogP contribution in [0.15, 0.2) is 6.20 Å². The minimum atomic E-state index is -4.64. The van der Waals surface area contributed by atoms with Gasteiger partial charge < -0.3 is 5.32 Å². The standard InChI is InChI=1S/C15H17ClF3N5O/c1-8-10(6-21-23(8)2)5-20-11(25)7-24-13(9-3-4-9)12(16)14(22-24)15(17,18)19/h6,9H,3-5,7H2,1-2H3,(H,20,25). The highest BCUT2D eigenvalue weighted by atomic mass is 35.5. The van der Waals surface area contributed by atoms with Crippen molar-refractivity contribution >= 4 is 17.5 Å². The number of rotatable bonds is 5. The molecule has 6 nitrogen and oxygen atoms in total. The van der Waals surface area contributed by atoms with E-state index >= 15 is 0 Å². The molecule has 1 saturated carbocycles. The van der Waals surface area contributed by atoms with Crippen LogP contribution >= 0.6 is 11.6 Å². The lowest BCUT2D eigenvalue weighted by Crippen LogP contribution is -2.28. The molecule has 1 N–H and O–H groups in total. The van der Waals surface area contributed by atoms with Gasteiger partial charge >= 0.3 is 6.18 Å². The van der Waals surface area contributed by atoms with Gasteiger partial charge in [-0.05, 0) is 19.8 Å². The highest BCUT2D eigenvalue weighted by molar-refractivity contribution is 6.32. The number of carbonyl (C=O) groups excluding carboxylic acids is 1. The molecule has 0 aromatic carbocycles. The van der Waals surface area contributed by atoms with Crippen LogP contribution in [0.1, 0.15) is 41.4 Å². The van der Waals surface area contributed by atoms with Crippen molar-refractivity contribution in [2.24, 2.45) is 7.05 Å². The number of aromatic nitrogens is 4. The van der Waals surface area contributed by atoms with Crippen LogP contribution in [0.25, 0.3) is 0 Å². The topological polar surface area (TPSA) is 64.7 Å². The molecule has 0 aliphatic heterocycles.